The second kappa shape index (κ2) is 3.09. The number of nitrogens with one attached hydrogen (secondary N) is 1. The number of aliphatic hydroxyl groups is 1. The van der Waals surface area contributed by atoms with Crippen LogP contribution < -0.4 is 5.32 Å². The van der Waals surface area contributed by atoms with Crippen molar-refractivity contribution in [3.05, 3.63) is 0 Å². The molecule has 0 spiro atoms. The van der Waals surface area contributed by atoms with Crippen LogP contribution in [0.5, 0.6) is 0 Å². The van der Waals surface area contributed by atoms with Gasteiger partial charge in [-0.05, 0) is 12.8 Å². The van der Waals surface area contributed by atoms with Gasteiger partial charge in [0, 0.05) is 18.5 Å². The van der Waals surface area contributed by atoms with Crippen molar-refractivity contribution >= 4 is 0 Å². The van der Waals surface area contributed by atoms with Gasteiger partial charge in [0.25, 0.3) is 0 Å². The SMILES string of the molecule is O[C@@H]1CC[C@H]2COCCN[C@H]21. The van der Waals surface area contributed by atoms with Gasteiger partial charge in [0.2, 0.25) is 0 Å². The normalized spacial score (nSPS) is 45.0. The van der Waals surface area contributed by atoms with E-state index in [-0.39, 0.29) is 6.10 Å². The molecule has 2 fully saturated rings. The predicted molar refractivity (Wildman–Crippen MR) is 41.3 cm³/mol. The molecule has 2 N–H and O–H groups in total. The fourth-order valence-electron chi connectivity index (χ4n) is 2.08. The molecule has 0 aromatic carbocycles. The average Bonchev–Trinajstić information content (AvgIpc) is 2.25. The van der Waals surface area contributed by atoms with Crippen LogP contribution in [0.2, 0.25) is 0 Å². The van der Waals surface area contributed by atoms with E-state index in [1.807, 2.05) is 0 Å². The van der Waals surface area contributed by atoms with Crippen molar-refractivity contribution in [1.29, 1.82) is 0 Å². The number of hydrogen-bond acceptors (Lipinski definition) is 3. The van der Waals surface area contributed by atoms with Gasteiger partial charge in [-0.3, -0.25) is 0 Å². The summed E-state index contributed by atoms with van der Waals surface area (Å²) in [6.45, 7) is 2.51. The molecule has 3 nitrogen and oxygen atoms in total. The van der Waals surface area contributed by atoms with Crippen molar-refractivity contribution in [2.75, 3.05) is 19.8 Å². The van der Waals surface area contributed by atoms with Crippen LogP contribution in [-0.4, -0.2) is 37.0 Å². The Morgan fingerprint density at radius 2 is 2.27 bits per heavy atom. The second-order valence-electron chi connectivity index (χ2n) is 3.46. The molecule has 3 atom stereocenters. The lowest BCUT2D eigenvalue weighted by molar-refractivity contribution is 0.111. The Kier molecular flexibility index (Phi) is 2.11. The number of fused-ring (bicyclic) bond motifs is 1. The van der Waals surface area contributed by atoms with Crippen molar-refractivity contribution in [1.82, 2.24) is 5.32 Å². The van der Waals surface area contributed by atoms with Gasteiger partial charge in [-0.2, -0.15) is 0 Å². The van der Waals surface area contributed by atoms with Gasteiger partial charge in [0.05, 0.1) is 19.3 Å². The average molecular weight is 157 g/mol. The van der Waals surface area contributed by atoms with Crippen LogP contribution in [0, 0.1) is 5.92 Å². The maximum absolute atomic E-state index is 9.53. The minimum Gasteiger partial charge on any atom is -0.391 e. The molecular weight excluding hydrogens is 142 g/mol. The molecule has 64 valence electrons. The Hall–Kier alpha value is -0.120. The Labute approximate surface area is 66.7 Å². The standard InChI is InChI=1S/C8H15NO2/c10-7-2-1-6-5-11-4-3-9-8(6)7/h6-10H,1-5H2/t6-,7+,8+/m0/s1. The summed E-state index contributed by atoms with van der Waals surface area (Å²) < 4.78 is 5.38. The van der Waals surface area contributed by atoms with Crippen LogP contribution in [0.3, 0.4) is 0 Å². The van der Waals surface area contributed by atoms with E-state index in [0.29, 0.717) is 12.0 Å². The number of hydrogen-bond donors (Lipinski definition) is 2. The van der Waals surface area contributed by atoms with Gasteiger partial charge in [-0.15, -0.1) is 0 Å². The van der Waals surface area contributed by atoms with Crippen molar-refractivity contribution in [3.8, 4) is 0 Å². The van der Waals surface area contributed by atoms with E-state index in [0.717, 1.165) is 32.6 Å². The molecule has 0 unspecified atom stereocenters. The lowest BCUT2D eigenvalue weighted by atomic mass is 10.0. The van der Waals surface area contributed by atoms with E-state index in [2.05, 4.69) is 5.32 Å². The Balaban J connectivity index is 2.00. The quantitative estimate of drug-likeness (QED) is 0.509. The highest BCUT2D eigenvalue weighted by Crippen LogP contribution is 2.27. The topological polar surface area (TPSA) is 41.5 Å². The van der Waals surface area contributed by atoms with Crippen LogP contribution in [-0.2, 0) is 4.74 Å². The van der Waals surface area contributed by atoms with Gasteiger partial charge in [0.15, 0.2) is 0 Å². The van der Waals surface area contributed by atoms with E-state index in [9.17, 15) is 5.11 Å². The number of aliphatic hydroxyl groups excluding tert-OH is 1. The fraction of sp³-hybridized carbons (Fsp3) is 1.00. The maximum atomic E-state index is 9.53. The largest absolute Gasteiger partial charge is 0.391 e. The highest BCUT2D eigenvalue weighted by atomic mass is 16.5. The third-order valence-corrected chi connectivity index (χ3v) is 2.71. The summed E-state index contributed by atoms with van der Waals surface area (Å²) in [5, 5.41) is 12.8. The predicted octanol–water partition coefficient (Wildman–Crippen LogP) is -0.254. The summed E-state index contributed by atoms with van der Waals surface area (Å²) in [5.41, 5.74) is 0. The lowest BCUT2D eigenvalue weighted by Crippen LogP contribution is -2.40. The monoisotopic (exact) mass is 157 g/mol. The summed E-state index contributed by atoms with van der Waals surface area (Å²) in [4.78, 5) is 0. The molecule has 1 saturated heterocycles. The molecule has 1 aliphatic heterocycles. The van der Waals surface area contributed by atoms with E-state index < -0.39 is 0 Å². The smallest absolute Gasteiger partial charge is 0.0696 e. The van der Waals surface area contributed by atoms with Gasteiger partial charge in [0.1, 0.15) is 0 Å². The van der Waals surface area contributed by atoms with Crippen molar-refractivity contribution < 1.29 is 9.84 Å². The van der Waals surface area contributed by atoms with Gasteiger partial charge >= 0.3 is 0 Å². The molecule has 1 saturated carbocycles. The van der Waals surface area contributed by atoms with E-state index in [1.165, 1.54) is 0 Å². The number of rotatable bonds is 0. The minimum absolute atomic E-state index is 0.137. The Morgan fingerprint density at radius 3 is 3.18 bits per heavy atom. The van der Waals surface area contributed by atoms with Gasteiger partial charge < -0.3 is 15.2 Å². The van der Waals surface area contributed by atoms with E-state index in [4.69, 9.17) is 4.74 Å². The Bertz CT molecular complexity index is 140. The molecule has 1 heterocycles. The third-order valence-electron chi connectivity index (χ3n) is 2.71. The first-order valence-electron chi connectivity index (χ1n) is 4.37. The first-order valence-corrected chi connectivity index (χ1v) is 4.37. The molecule has 2 aliphatic rings. The molecule has 0 aromatic heterocycles. The third kappa shape index (κ3) is 1.41. The van der Waals surface area contributed by atoms with Crippen molar-refractivity contribution in [3.63, 3.8) is 0 Å². The van der Waals surface area contributed by atoms with Crippen LogP contribution >= 0.6 is 0 Å². The molecule has 3 heteroatoms. The van der Waals surface area contributed by atoms with Gasteiger partial charge in [-0.25, -0.2) is 0 Å². The van der Waals surface area contributed by atoms with Crippen LogP contribution in [0.1, 0.15) is 12.8 Å². The summed E-state index contributed by atoms with van der Waals surface area (Å²) in [7, 11) is 0. The van der Waals surface area contributed by atoms with Crippen molar-refractivity contribution in [2.45, 2.75) is 25.0 Å². The first kappa shape index (κ1) is 7.53. The molecule has 0 radical (unpaired) electrons. The van der Waals surface area contributed by atoms with Crippen LogP contribution in [0.15, 0.2) is 0 Å². The highest BCUT2D eigenvalue weighted by molar-refractivity contribution is 4.91. The molecule has 2 rings (SSSR count). The fourth-order valence-corrected chi connectivity index (χ4v) is 2.08. The van der Waals surface area contributed by atoms with Crippen LogP contribution in [0.25, 0.3) is 0 Å². The summed E-state index contributed by atoms with van der Waals surface area (Å²) in [6.07, 6.45) is 1.91. The summed E-state index contributed by atoms with van der Waals surface area (Å²) in [5.74, 6) is 0.549. The molecule has 0 amide bonds. The van der Waals surface area contributed by atoms with E-state index >= 15 is 0 Å². The highest BCUT2D eigenvalue weighted by Gasteiger charge is 2.35. The molecule has 11 heavy (non-hydrogen) atoms. The van der Waals surface area contributed by atoms with Gasteiger partial charge in [-0.1, -0.05) is 0 Å². The summed E-state index contributed by atoms with van der Waals surface area (Å²) in [6, 6.07) is 0.303. The Morgan fingerprint density at radius 1 is 1.36 bits per heavy atom. The first-order chi connectivity index (χ1) is 5.38. The molecule has 1 aliphatic carbocycles. The second-order valence-corrected chi connectivity index (χ2v) is 3.46. The summed E-state index contributed by atoms with van der Waals surface area (Å²) >= 11 is 0. The maximum Gasteiger partial charge on any atom is 0.0696 e. The molecular formula is C8H15NO2. The zero-order valence-corrected chi connectivity index (χ0v) is 6.62. The molecule has 0 aromatic rings. The van der Waals surface area contributed by atoms with E-state index in [1.54, 1.807) is 0 Å². The molecule has 0 bridgehead atoms. The number of ether oxygens (including phenoxy) is 1. The van der Waals surface area contributed by atoms with Crippen LogP contribution in [0.4, 0.5) is 0 Å². The zero-order valence-electron chi connectivity index (χ0n) is 6.62. The minimum atomic E-state index is -0.137. The zero-order chi connectivity index (χ0) is 7.68. The lowest BCUT2D eigenvalue weighted by Gasteiger charge is -2.18. The van der Waals surface area contributed by atoms with Crippen molar-refractivity contribution in [2.24, 2.45) is 5.92 Å².